The van der Waals surface area contributed by atoms with Crippen LogP contribution in [0.15, 0.2) is 42.5 Å². The summed E-state index contributed by atoms with van der Waals surface area (Å²) in [6, 6.07) is 10.2. The fraction of sp³-hybridized carbons (Fsp3) is 0.333. The van der Waals surface area contributed by atoms with Crippen molar-refractivity contribution in [3.05, 3.63) is 53.6 Å². The standard InChI is InChI=1S/C21H26O7/c1-25-16-9-7-15(12-19(16)27-3)21(24)20(13-23)28-17-8-6-14(5-4-10-22)11-18(17)26-2/h4-9,11-12,20-24H,10,13H2,1-3H3/b5-4+/t20-,21+/m0/s1. The number of rotatable bonds is 10. The average Bonchev–Trinajstić information content (AvgIpc) is 2.75. The summed E-state index contributed by atoms with van der Waals surface area (Å²) in [6.07, 6.45) is 1.32. The molecule has 2 aromatic carbocycles. The van der Waals surface area contributed by atoms with Gasteiger partial charge in [-0.15, -0.1) is 0 Å². The highest BCUT2D eigenvalue weighted by atomic mass is 16.5. The minimum atomic E-state index is -1.11. The monoisotopic (exact) mass is 390 g/mol. The first-order valence-electron chi connectivity index (χ1n) is 8.70. The summed E-state index contributed by atoms with van der Waals surface area (Å²) in [6.45, 7) is -0.477. The van der Waals surface area contributed by atoms with E-state index in [9.17, 15) is 10.2 Å². The first kappa shape index (κ1) is 21.6. The topological polar surface area (TPSA) is 97.6 Å². The van der Waals surface area contributed by atoms with Crippen molar-refractivity contribution < 1.29 is 34.3 Å². The fourth-order valence-corrected chi connectivity index (χ4v) is 2.69. The highest BCUT2D eigenvalue weighted by Crippen LogP contribution is 2.34. The lowest BCUT2D eigenvalue weighted by molar-refractivity contribution is -0.000517. The number of hydrogen-bond donors (Lipinski definition) is 3. The van der Waals surface area contributed by atoms with Crippen molar-refractivity contribution in [2.45, 2.75) is 12.2 Å². The maximum absolute atomic E-state index is 10.7. The van der Waals surface area contributed by atoms with Crippen LogP contribution < -0.4 is 18.9 Å². The molecule has 0 heterocycles. The molecule has 0 radical (unpaired) electrons. The van der Waals surface area contributed by atoms with Crippen LogP contribution in [0.25, 0.3) is 6.08 Å². The molecule has 3 N–H and O–H groups in total. The lowest BCUT2D eigenvalue weighted by Gasteiger charge is -2.24. The zero-order valence-corrected chi connectivity index (χ0v) is 16.2. The van der Waals surface area contributed by atoms with Gasteiger partial charge in [0, 0.05) is 0 Å². The van der Waals surface area contributed by atoms with E-state index in [2.05, 4.69) is 0 Å². The van der Waals surface area contributed by atoms with Crippen LogP contribution in [-0.2, 0) is 0 Å². The summed E-state index contributed by atoms with van der Waals surface area (Å²) in [7, 11) is 4.53. The number of ether oxygens (including phenoxy) is 4. The summed E-state index contributed by atoms with van der Waals surface area (Å²) in [5, 5.41) is 29.3. The van der Waals surface area contributed by atoms with E-state index in [0.29, 0.717) is 28.6 Å². The third-order valence-electron chi connectivity index (χ3n) is 4.16. The van der Waals surface area contributed by atoms with Crippen LogP contribution in [0.2, 0.25) is 0 Å². The Balaban J connectivity index is 2.25. The van der Waals surface area contributed by atoms with Gasteiger partial charge in [-0.2, -0.15) is 0 Å². The van der Waals surface area contributed by atoms with Crippen molar-refractivity contribution >= 4 is 6.08 Å². The first-order valence-corrected chi connectivity index (χ1v) is 8.70. The molecule has 0 unspecified atom stereocenters. The smallest absolute Gasteiger partial charge is 0.161 e. The van der Waals surface area contributed by atoms with Crippen molar-refractivity contribution in [3.63, 3.8) is 0 Å². The predicted molar refractivity (Wildman–Crippen MR) is 105 cm³/mol. The number of aliphatic hydroxyl groups is 3. The fourth-order valence-electron chi connectivity index (χ4n) is 2.69. The molecule has 0 fully saturated rings. The average molecular weight is 390 g/mol. The molecule has 2 aromatic rings. The largest absolute Gasteiger partial charge is 0.493 e. The van der Waals surface area contributed by atoms with E-state index in [0.717, 1.165) is 5.56 Å². The first-order chi connectivity index (χ1) is 13.6. The van der Waals surface area contributed by atoms with Gasteiger partial charge >= 0.3 is 0 Å². The second-order valence-electron chi connectivity index (χ2n) is 5.89. The molecule has 2 rings (SSSR count). The van der Waals surface area contributed by atoms with Crippen molar-refractivity contribution in [1.29, 1.82) is 0 Å². The maximum atomic E-state index is 10.7. The van der Waals surface area contributed by atoms with Crippen molar-refractivity contribution in [1.82, 2.24) is 0 Å². The summed E-state index contributed by atoms with van der Waals surface area (Å²) < 4.78 is 21.6. The molecule has 0 bridgehead atoms. The molecular weight excluding hydrogens is 364 g/mol. The normalized spacial score (nSPS) is 13.2. The molecule has 28 heavy (non-hydrogen) atoms. The summed E-state index contributed by atoms with van der Waals surface area (Å²) in [5.41, 5.74) is 1.33. The molecular formula is C21H26O7. The van der Waals surface area contributed by atoms with Gasteiger partial charge in [0.2, 0.25) is 0 Å². The van der Waals surface area contributed by atoms with Crippen molar-refractivity contribution in [2.24, 2.45) is 0 Å². The Morgan fingerprint density at radius 2 is 1.50 bits per heavy atom. The predicted octanol–water partition coefficient (Wildman–Crippen LogP) is 2.19. The van der Waals surface area contributed by atoms with Gasteiger partial charge in [-0.25, -0.2) is 0 Å². The number of methoxy groups -OCH3 is 3. The highest BCUT2D eigenvalue weighted by Gasteiger charge is 2.24. The SMILES string of the molecule is COc1ccc([C@@H](O)[C@H](CO)Oc2ccc(/C=C/CO)cc2OC)cc1OC. The van der Waals surface area contributed by atoms with Crippen LogP contribution >= 0.6 is 0 Å². The third-order valence-corrected chi connectivity index (χ3v) is 4.16. The lowest BCUT2D eigenvalue weighted by atomic mass is 10.0. The quantitative estimate of drug-likeness (QED) is 0.572. The van der Waals surface area contributed by atoms with Gasteiger partial charge in [-0.1, -0.05) is 24.3 Å². The van der Waals surface area contributed by atoms with Crippen LogP contribution in [0, 0.1) is 0 Å². The van der Waals surface area contributed by atoms with E-state index in [1.165, 1.54) is 21.3 Å². The van der Waals surface area contributed by atoms with Gasteiger partial charge in [0.25, 0.3) is 0 Å². The van der Waals surface area contributed by atoms with E-state index >= 15 is 0 Å². The second-order valence-corrected chi connectivity index (χ2v) is 5.89. The number of benzene rings is 2. The number of hydrogen-bond acceptors (Lipinski definition) is 7. The van der Waals surface area contributed by atoms with E-state index in [1.807, 2.05) is 0 Å². The molecule has 0 aliphatic rings. The minimum Gasteiger partial charge on any atom is -0.493 e. The molecule has 7 nitrogen and oxygen atoms in total. The molecule has 152 valence electrons. The zero-order chi connectivity index (χ0) is 20.5. The Bertz CT molecular complexity index is 788. The Morgan fingerprint density at radius 3 is 2.11 bits per heavy atom. The minimum absolute atomic E-state index is 0.0648. The highest BCUT2D eigenvalue weighted by molar-refractivity contribution is 5.56. The van der Waals surface area contributed by atoms with Gasteiger partial charge in [0.1, 0.15) is 6.10 Å². The van der Waals surface area contributed by atoms with Crippen molar-refractivity contribution in [3.8, 4) is 23.0 Å². The molecule has 0 aliphatic heterocycles. The summed E-state index contributed by atoms with van der Waals surface area (Å²) >= 11 is 0. The Kier molecular flexibility index (Phi) is 8.13. The van der Waals surface area contributed by atoms with Crippen LogP contribution in [0.5, 0.6) is 23.0 Å². The van der Waals surface area contributed by atoms with E-state index < -0.39 is 18.8 Å². The zero-order valence-electron chi connectivity index (χ0n) is 16.2. The summed E-state index contributed by atoms with van der Waals surface area (Å²) in [4.78, 5) is 0. The molecule has 0 saturated heterocycles. The molecule has 0 aromatic heterocycles. The van der Waals surface area contributed by atoms with E-state index in [-0.39, 0.29) is 6.61 Å². The Morgan fingerprint density at radius 1 is 0.857 bits per heavy atom. The van der Waals surface area contributed by atoms with Crippen LogP contribution in [0.4, 0.5) is 0 Å². The maximum Gasteiger partial charge on any atom is 0.161 e. The van der Waals surface area contributed by atoms with Gasteiger partial charge < -0.3 is 34.3 Å². The van der Waals surface area contributed by atoms with E-state index in [4.69, 9.17) is 24.1 Å². The molecule has 0 aliphatic carbocycles. The van der Waals surface area contributed by atoms with Gasteiger partial charge in [-0.05, 0) is 35.4 Å². The molecule has 7 heteroatoms. The van der Waals surface area contributed by atoms with Gasteiger partial charge in [-0.3, -0.25) is 0 Å². The van der Waals surface area contributed by atoms with Crippen LogP contribution in [-0.4, -0.2) is 56.0 Å². The Labute approximate surface area is 164 Å². The molecule has 0 amide bonds. The van der Waals surface area contributed by atoms with Crippen LogP contribution in [0.3, 0.4) is 0 Å². The van der Waals surface area contributed by atoms with E-state index in [1.54, 1.807) is 48.6 Å². The second kappa shape index (κ2) is 10.6. The molecule has 0 saturated carbocycles. The van der Waals surface area contributed by atoms with Gasteiger partial charge in [0.05, 0.1) is 34.5 Å². The molecule has 0 spiro atoms. The van der Waals surface area contributed by atoms with Crippen LogP contribution in [0.1, 0.15) is 17.2 Å². The molecule has 2 atom stereocenters. The lowest BCUT2D eigenvalue weighted by Crippen LogP contribution is -2.29. The Hall–Kier alpha value is -2.74. The van der Waals surface area contributed by atoms with Crippen molar-refractivity contribution in [2.75, 3.05) is 34.5 Å². The van der Waals surface area contributed by atoms with Gasteiger partial charge in [0.15, 0.2) is 29.1 Å². The third kappa shape index (κ3) is 5.16. The summed E-state index contributed by atoms with van der Waals surface area (Å²) in [5.74, 6) is 1.82. The number of aliphatic hydroxyl groups excluding tert-OH is 3.